The first-order chi connectivity index (χ1) is 8.61. The van der Waals surface area contributed by atoms with Crippen LogP contribution in [0.4, 0.5) is 0 Å². The van der Waals surface area contributed by atoms with Crippen LogP contribution in [0.3, 0.4) is 0 Å². The Morgan fingerprint density at radius 2 is 1.84 bits per heavy atom. The third kappa shape index (κ3) is 3.37. The fraction of sp³-hybridized carbons (Fsp3) is 0.600. The van der Waals surface area contributed by atoms with E-state index >= 15 is 0 Å². The predicted molar refractivity (Wildman–Crippen MR) is 81.3 cm³/mol. The average Bonchev–Trinajstić information content (AvgIpc) is 2.25. The molecule has 1 atom stereocenters. The van der Waals surface area contributed by atoms with Gasteiger partial charge in [0.2, 0.25) is 0 Å². The lowest BCUT2D eigenvalue weighted by atomic mass is 9.91. The zero-order chi connectivity index (χ0) is 14.8. The van der Waals surface area contributed by atoms with E-state index in [9.17, 15) is 8.42 Å². The summed E-state index contributed by atoms with van der Waals surface area (Å²) in [5, 5.41) is 3.33. The molecule has 0 spiro atoms. The monoisotopic (exact) mass is 283 g/mol. The van der Waals surface area contributed by atoms with Crippen molar-refractivity contribution in [2.24, 2.45) is 0 Å². The van der Waals surface area contributed by atoms with Crippen molar-refractivity contribution in [2.45, 2.75) is 45.4 Å². The minimum absolute atomic E-state index is 0.201. The number of rotatable bonds is 5. The molecule has 0 saturated carbocycles. The standard InChI is InChI=1S/C15H25NO2S/c1-7-16-14(15(4,5)19(6,17)18)13-9-8-11(2)10-12(13)3/h8-10,14,16H,7H2,1-6H3. The Balaban J connectivity index is 3.36. The van der Waals surface area contributed by atoms with Crippen molar-refractivity contribution in [3.8, 4) is 0 Å². The number of aryl methyl sites for hydroxylation is 2. The van der Waals surface area contributed by atoms with Gasteiger partial charge in [-0.1, -0.05) is 30.7 Å². The van der Waals surface area contributed by atoms with Gasteiger partial charge in [-0.15, -0.1) is 0 Å². The second-order valence-electron chi connectivity index (χ2n) is 5.73. The van der Waals surface area contributed by atoms with Crippen LogP contribution < -0.4 is 5.32 Å². The molecule has 0 amide bonds. The van der Waals surface area contributed by atoms with Gasteiger partial charge in [0.15, 0.2) is 9.84 Å². The van der Waals surface area contributed by atoms with Crippen LogP contribution in [0, 0.1) is 13.8 Å². The summed E-state index contributed by atoms with van der Waals surface area (Å²) in [6.45, 7) is 10.4. The normalized spacial score (nSPS) is 14.4. The molecule has 0 aliphatic heterocycles. The van der Waals surface area contributed by atoms with Crippen LogP contribution in [0.2, 0.25) is 0 Å². The second kappa shape index (κ2) is 5.63. The van der Waals surface area contributed by atoms with Gasteiger partial charge in [0.1, 0.15) is 0 Å². The van der Waals surface area contributed by atoms with Gasteiger partial charge in [0.25, 0.3) is 0 Å². The molecule has 108 valence electrons. The number of nitrogens with one attached hydrogen (secondary N) is 1. The first-order valence-corrected chi connectivity index (χ1v) is 8.50. The van der Waals surface area contributed by atoms with E-state index in [2.05, 4.69) is 11.4 Å². The minimum atomic E-state index is -3.16. The molecule has 3 nitrogen and oxygen atoms in total. The van der Waals surface area contributed by atoms with Gasteiger partial charge in [-0.3, -0.25) is 0 Å². The van der Waals surface area contributed by atoms with E-state index in [0.29, 0.717) is 0 Å². The highest BCUT2D eigenvalue weighted by Crippen LogP contribution is 2.34. The number of hydrogen-bond donors (Lipinski definition) is 1. The van der Waals surface area contributed by atoms with Crippen molar-refractivity contribution in [3.05, 3.63) is 34.9 Å². The highest BCUT2D eigenvalue weighted by atomic mass is 32.2. The quantitative estimate of drug-likeness (QED) is 0.904. The second-order valence-corrected chi connectivity index (χ2v) is 8.32. The van der Waals surface area contributed by atoms with Crippen LogP contribution in [0.5, 0.6) is 0 Å². The highest BCUT2D eigenvalue weighted by Gasteiger charge is 2.39. The lowest BCUT2D eigenvalue weighted by molar-refractivity contribution is 0.427. The topological polar surface area (TPSA) is 46.2 Å². The maximum absolute atomic E-state index is 12.1. The van der Waals surface area contributed by atoms with Crippen LogP contribution >= 0.6 is 0 Å². The maximum atomic E-state index is 12.1. The summed E-state index contributed by atoms with van der Waals surface area (Å²) in [5.41, 5.74) is 3.37. The Hall–Kier alpha value is -0.870. The lowest BCUT2D eigenvalue weighted by Gasteiger charge is -2.34. The fourth-order valence-corrected chi connectivity index (χ4v) is 2.94. The zero-order valence-electron chi connectivity index (χ0n) is 12.7. The fourth-order valence-electron chi connectivity index (χ4n) is 2.30. The molecular formula is C15H25NO2S. The Morgan fingerprint density at radius 1 is 1.26 bits per heavy atom. The molecule has 4 heteroatoms. The van der Waals surface area contributed by atoms with Crippen molar-refractivity contribution >= 4 is 9.84 Å². The third-order valence-electron chi connectivity index (χ3n) is 3.80. The summed E-state index contributed by atoms with van der Waals surface area (Å²) in [6.07, 6.45) is 1.31. The van der Waals surface area contributed by atoms with Crippen LogP contribution in [0.1, 0.15) is 43.5 Å². The van der Waals surface area contributed by atoms with Gasteiger partial charge in [0.05, 0.1) is 10.8 Å². The van der Waals surface area contributed by atoms with Crippen LogP contribution in [-0.4, -0.2) is 26.0 Å². The summed E-state index contributed by atoms with van der Waals surface area (Å²) in [5.74, 6) is 0. The molecule has 0 radical (unpaired) electrons. The van der Waals surface area contributed by atoms with Crippen LogP contribution in [-0.2, 0) is 9.84 Å². The van der Waals surface area contributed by atoms with E-state index in [-0.39, 0.29) is 6.04 Å². The molecule has 1 unspecified atom stereocenters. The molecule has 1 N–H and O–H groups in total. The number of sulfone groups is 1. The van der Waals surface area contributed by atoms with E-state index < -0.39 is 14.6 Å². The minimum Gasteiger partial charge on any atom is -0.309 e. The Morgan fingerprint density at radius 3 is 2.26 bits per heavy atom. The van der Waals surface area contributed by atoms with Crippen molar-refractivity contribution in [2.75, 3.05) is 12.8 Å². The van der Waals surface area contributed by atoms with Crippen molar-refractivity contribution in [3.63, 3.8) is 0 Å². The molecular weight excluding hydrogens is 258 g/mol. The summed E-state index contributed by atoms with van der Waals surface area (Å²) in [6, 6.07) is 5.96. The molecule has 0 heterocycles. The Kier molecular flexibility index (Phi) is 4.80. The molecule has 0 bridgehead atoms. The molecule has 1 rings (SSSR count). The molecule has 19 heavy (non-hydrogen) atoms. The van der Waals surface area contributed by atoms with E-state index in [1.807, 2.05) is 32.9 Å². The first-order valence-electron chi connectivity index (χ1n) is 6.61. The number of hydrogen-bond acceptors (Lipinski definition) is 3. The Bertz CT molecular complexity index is 547. The highest BCUT2D eigenvalue weighted by molar-refractivity contribution is 7.92. The molecule has 0 aliphatic carbocycles. The van der Waals surface area contributed by atoms with Gasteiger partial charge in [-0.25, -0.2) is 8.42 Å². The summed E-state index contributed by atoms with van der Waals surface area (Å²) < 4.78 is 23.3. The van der Waals surface area contributed by atoms with Crippen molar-refractivity contribution < 1.29 is 8.42 Å². The average molecular weight is 283 g/mol. The van der Waals surface area contributed by atoms with Gasteiger partial charge in [-0.05, 0) is 45.4 Å². The molecule has 1 aromatic carbocycles. The van der Waals surface area contributed by atoms with E-state index in [1.165, 1.54) is 11.8 Å². The maximum Gasteiger partial charge on any atom is 0.154 e. The van der Waals surface area contributed by atoms with Crippen LogP contribution in [0.15, 0.2) is 18.2 Å². The molecule has 0 aliphatic rings. The van der Waals surface area contributed by atoms with Gasteiger partial charge < -0.3 is 5.32 Å². The zero-order valence-corrected chi connectivity index (χ0v) is 13.6. The van der Waals surface area contributed by atoms with E-state index in [1.54, 1.807) is 13.8 Å². The third-order valence-corrected chi connectivity index (χ3v) is 5.94. The summed E-state index contributed by atoms with van der Waals surface area (Å²) >= 11 is 0. The predicted octanol–water partition coefficient (Wildman–Crippen LogP) is 2.78. The molecule has 0 fully saturated rings. The Labute approximate surface area is 117 Å². The van der Waals surface area contributed by atoms with E-state index in [4.69, 9.17) is 0 Å². The molecule has 0 aromatic heterocycles. The number of benzene rings is 1. The van der Waals surface area contributed by atoms with Crippen LogP contribution in [0.25, 0.3) is 0 Å². The first kappa shape index (κ1) is 16.2. The smallest absolute Gasteiger partial charge is 0.154 e. The summed E-state index contributed by atoms with van der Waals surface area (Å²) in [7, 11) is -3.16. The van der Waals surface area contributed by atoms with E-state index in [0.717, 1.165) is 17.7 Å². The SMILES string of the molecule is CCNC(c1ccc(C)cc1C)C(C)(C)S(C)(=O)=O. The van der Waals surface area contributed by atoms with Gasteiger partial charge >= 0.3 is 0 Å². The van der Waals surface area contributed by atoms with Gasteiger partial charge in [0, 0.05) is 6.26 Å². The van der Waals surface area contributed by atoms with Crippen molar-refractivity contribution in [1.29, 1.82) is 0 Å². The van der Waals surface area contributed by atoms with Gasteiger partial charge in [-0.2, -0.15) is 0 Å². The summed E-state index contributed by atoms with van der Waals surface area (Å²) in [4.78, 5) is 0. The lowest BCUT2D eigenvalue weighted by Crippen LogP contribution is -2.45. The largest absolute Gasteiger partial charge is 0.309 e. The van der Waals surface area contributed by atoms with Crippen molar-refractivity contribution in [1.82, 2.24) is 5.32 Å². The molecule has 0 saturated heterocycles. The molecule has 1 aromatic rings.